The fraction of sp³-hybridized carbons (Fsp3) is 0.188. The van der Waals surface area contributed by atoms with E-state index in [4.69, 9.17) is 11.6 Å². The molecule has 0 bridgehead atoms. The number of anilines is 1. The molecule has 3 nitrogen and oxygen atoms in total. The van der Waals surface area contributed by atoms with Gasteiger partial charge in [0.25, 0.3) is 0 Å². The maximum absolute atomic E-state index is 11.8. The highest BCUT2D eigenvalue weighted by molar-refractivity contribution is 6.30. The molecule has 1 atom stereocenters. The molecule has 2 aromatic rings. The predicted octanol–water partition coefficient (Wildman–Crippen LogP) is 4.09. The van der Waals surface area contributed by atoms with Crippen molar-refractivity contribution in [3.05, 3.63) is 65.2 Å². The Morgan fingerprint density at radius 3 is 2.60 bits per heavy atom. The van der Waals surface area contributed by atoms with Crippen LogP contribution in [0.2, 0.25) is 5.02 Å². The molecule has 0 radical (unpaired) electrons. The normalized spacial score (nSPS) is 11.7. The fourth-order valence-electron chi connectivity index (χ4n) is 1.98. The van der Waals surface area contributed by atoms with Gasteiger partial charge in [-0.2, -0.15) is 0 Å². The minimum absolute atomic E-state index is 0.0252. The molecule has 0 aromatic heterocycles. The van der Waals surface area contributed by atoms with Crippen molar-refractivity contribution < 1.29 is 4.79 Å². The third kappa shape index (κ3) is 4.59. The van der Waals surface area contributed by atoms with E-state index in [2.05, 4.69) is 10.6 Å². The lowest BCUT2D eigenvalue weighted by molar-refractivity contribution is 0.249. The Labute approximate surface area is 124 Å². The lowest BCUT2D eigenvalue weighted by Crippen LogP contribution is -2.37. The molecule has 0 aliphatic rings. The zero-order chi connectivity index (χ0) is 14.4. The summed E-state index contributed by atoms with van der Waals surface area (Å²) in [4.78, 5) is 11.8. The van der Waals surface area contributed by atoms with Crippen molar-refractivity contribution in [2.45, 2.75) is 19.4 Å². The van der Waals surface area contributed by atoms with E-state index in [9.17, 15) is 4.79 Å². The zero-order valence-electron chi connectivity index (χ0n) is 11.3. The molecular formula is C16H17ClN2O. The van der Waals surface area contributed by atoms with Crippen molar-refractivity contribution in [1.29, 1.82) is 0 Å². The van der Waals surface area contributed by atoms with Gasteiger partial charge in [0.05, 0.1) is 0 Å². The van der Waals surface area contributed by atoms with Crippen LogP contribution in [-0.4, -0.2) is 12.1 Å². The molecule has 0 saturated carbocycles. The molecule has 2 aromatic carbocycles. The average Bonchev–Trinajstić information content (AvgIpc) is 2.39. The summed E-state index contributed by atoms with van der Waals surface area (Å²) in [6, 6.07) is 16.8. The molecule has 104 valence electrons. The monoisotopic (exact) mass is 288 g/mol. The zero-order valence-corrected chi connectivity index (χ0v) is 12.0. The van der Waals surface area contributed by atoms with Gasteiger partial charge in [-0.3, -0.25) is 0 Å². The van der Waals surface area contributed by atoms with Gasteiger partial charge in [0.1, 0.15) is 0 Å². The average molecular weight is 289 g/mol. The van der Waals surface area contributed by atoms with Crippen LogP contribution in [0.1, 0.15) is 12.5 Å². The van der Waals surface area contributed by atoms with Crippen LogP contribution in [0.4, 0.5) is 10.5 Å². The van der Waals surface area contributed by atoms with Gasteiger partial charge in [-0.1, -0.05) is 41.9 Å². The summed E-state index contributed by atoms with van der Waals surface area (Å²) < 4.78 is 0. The molecule has 0 spiro atoms. The van der Waals surface area contributed by atoms with Gasteiger partial charge >= 0.3 is 6.03 Å². The number of carbonyl (C=O) groups excluding carboxylic acids is 1. The number of halogens is 1. The van der Waals surface area contributed by atoms with E-state index < -0.39 is 0 Å². The van der Waals surface area contributed by atoms with Crippen molar-refractivity contribution in [2.75, 3.05) is 5.32 Å². The summed E-state index contributed by atoms with van der Waals surface area (Å²) in [6.45, 7) is 1.96. The highest BCUT2D eigenvalue weighted by atomic mass is 35.5. The van der Waals surface area contributed by atoms with Crippen molar-refractivity contribution in [2.24, 2.45) is 0 Å². The number of amides is 2. The quantitative estimate of drug-likeness (QED) is 0.874. The van der Waals surface area contributed by atoms with Gasteiger partial charge in [-0.25, -0.2) is 4.79 Å². The number of hydrogen-bond donors (Lipinski definition) is 2. The number of urea groups is 1. The van der Waals surface area contributed by atoms with E-state index in [0.29, 0.717) is 5.02 Å². The van der Waals surface area contributed by atoms with E-state index in [1.165, 1.54) is 0 Å². The number of rotatable bonds is 4. The molecule has 0 fully saturated rings. The first-order valence-electron chi connectivity index (χ1n) is 6.50. The van der Waals surface area contributed by atoms with Crippen LogP contribution < -0.4 is 10.6 Å². The van der Waals surface area contributed by atoms with Crippen LogP contribution in [0.25, 0.3) is 0 Å². The van der Waals surface area contributed by atoms with Crippen molar-refractivity contribution >= 4 is 23.3 Å². The second kappa shape index (κ2) is 6.96. The fourth-order valence-corrected chi connectivity index (χ4v) is 2.19. The second-order valence-corrected chi connectivity index (χ2v) is 5.14. The van der Waals surface area contributed by atoms with Crippen LogP contribution in [-0.2, 0) is 6.42 Å². The Hall–Kier alpha value is -2.00. The lowest BCUT2D eigenvalue weighted by atomic mass is 10.1. The molecule has 2 amide bonds. The molecule has 0 aliphatic heterocycles. The van der Waals surface area contributed by atoms with Gasteiger partial charge in [-0.05, 0) is 43.2 Å². The SMILES string of the molecule is CC(Cc1cccc(Cl)c1)NC(=O)Nc1ccccc1. The minimum atomic E-state index is -0.203. The van der Waals surface area contributed by atoms with E-state index in [0.717, 1.165) is 17.7 Å². The first kappa shape index (κ1) is 14.4. The Balaban J connectivity index is 1.85. The maximum atomic E-state index is 11.8. The first-order valence-corrected chi connectivity index (χ1v) is 6.88. The van der Waals surface area contributed by atoms with Crippen molar-refractivity contribution in [1.82, 2.24) is 5.32 Å². The number of carbonyl (C=O) groups is 1. The third-order valence-electron chi connectivity index (χ3n) is 2.84. The molecule has 2 rings (SSSR count). The van der Waals surface area contributed by atoms with E-state index in [1.54, 1.807) is 0 Å². The summed E-state index contributed by atoms with van der Waals surface area (Å²) in [5.74, 6) is 0. The Morgan fingerprint density at radius 2 is 1.90 bits per heavy atom. The number of para-hydroxylation sites is 1. The van der Waals surface area contributed by atoms with Gasteiger partial charge in [0, 0.05) is 16.8 Å². The molecule has 0 aliphatic carbocycles. The van der Waals surface area contributed by atoms with E-state index in [1.807, 2.05) is 61.5 Å². The predicted molar refractivity (Wildman–Crippen MR) is 83.2 cm³/mol. The molecule has 20 heavy (non-hydrogen) atoms. The number of benzene rings is 2. The van der Waals surface area contributed by atoms with Crippen LogP contribution in [0, 0.1) is 0 Å². The van der Waals surface area contributed by atoms with Gasteiger partial charge in [-0.15, -0.1) is 0 Å². The van der Waals surface area contributed by atoms with E-state index in [-0.39, 0.29) is 12.1 Å². The molecule has 4 heteroatoms. The largest absolute Gasteiger partial charge is 0.335 e. The topological polar surface area (TPSA) is 41.1 Å². The molecular weight excluding hydrogens is 272 g/mol. The molecule has 2 N–H and O–H groups in total. The number of hydrogen-bond acceptors (Lipinski definition) is 1. The Bertz CT molecular complexity index is 572. The third-order valence-corrected chi connectivity index (χ3v) is 3.08. The maximum Gasteiger partial charge on any atom is 0.319 e. The first-order chi connectivity index (χ1) is 9.63. The van der Waals surface area contributed by atoms with Gasteiger partial charge in [0.2, 0.25) is 0 Å². The Kier molecular flexibility index (Phi) is 5.02. The lowest BCUT2D eigenvalue weighted by Gasteiger charge is -2.15. The van der Waals surface area contributed by atoms with Crippen molar-refractivity contribution in [3.63, 3.8) is 0 Å². The van der Waals surface area contributed by atoms with Crippen molar-refractivity contribution in [3.8, 4) is 0 Å². The van der Waals surface area contributed by atoms with E-state index >= 15 is 0 Å². The highest BCUT2D eigenvalue weighted by Crippen LogP contribution is 2.12. The molecule has 1 unspecified atom stereocenters. The minimum Gasteiger partial charge on any atom is -0.335 e. The summed E-state index contributed by atoms with van der Waals surface area (Å²) in [6.07, 6.45) is 0.739. The van der Waals surface area contributed by atoms with Gasteiger partial charge in [0.15, 0.2) is 0 Å². The summed E-state index contributed by atoms with van der Waals surface area (Å²) >= 11 is 5.94. The molecule has 0 heterocycles. The Morgan fingerprint density at radius 1 is 1.15 bits per heavy atom. The summed E-state index contributed by atoms with van der Waals surface area (Å²) in [5.41, 5.74) is 1.88. The van der Waals surface area contributed by atoms with Crippen LogP contribution in [0.3, 0.4) is 0 Å². The molecule has 0 saturated heterocycles. The van der Waals surface area contributed by atoms with Crippen LogP contribution in [0.15, 0.2) is 54.6 Å². The highest BCUT2D eigenvalue weighted by Gasteiger charge is 2.08. The van der Waals surface area contributed by atoms with Gasteiger partial charge < -0.3 is 10.6 Å². The van der Waals surface area contributed by atoms with Crippen LogP contribution in [0.5, 0.6) is 0 Å². The number of nitrogens with one attached hydrogen (secondary N) is 2. The standard InChI is InChI=1S/C16H17ClN2O/c1-12(10-13-6-5-7-14(17)11-13)18-16(20)19-15-8-3-2-4-9-15/h2-9,11-12H,10H2,1H3,(H2,18,19,20). The summed E-state index contributed by atoms with van der Waals surface area (Å²) in [7, 11) is 0. The van der Waals surface area contributed by atoms with Crippen LogP contribution >= 0.6 is 11.6 Å². The summed E-state index contributed by atoms with van der Waals surface area (Å²) in [5, 5.41) is 6.41. The second-order valence-electron chi connectivity index (χ2n) is 4.70. The smallest absolute Gasteiger partial charge is 0.319 e.